The van der Waals surface area contributed by atoms with Crippen molar-refractivity contribution in [1.29, 1.82) is 0 Å². The van der Waals surface area contributed by atoms with Gasteiger partial charge in [-0.25, -0.2) is 9.97 Å². The number of carbonyl (C=O) groups is 1. The summed E-state index contributed by atoms with van der Waals surface area (Å²) >= 11 is 0. The molecule has 1 N–H and O–H groups in total. The molecule has 3 aromatic rings. The van der Waals surface area contributed by atoms with Crippen LogP contribution in [-0.2, 0) is 11.2 Å². The van der Waals surface area contributed by atoms with Gasteiger partial charge in [-0.2, -0.15) is 0 Å². The first-order valence-corrected chi connectivity index (χ1v) is 11.8. The predicted octanol–water partition coefficient (Wildman–Crippen LogP) is 3.96. The van der Waals surface area contributed by atoms with Crippen molar-refractivity contribution in [2.24, 2.45) is 0 Å². The second kappa shape index (κ2) is 9.35. The minimum atomic E-state index is -0.289. The molecule has 0 bridgehead atoms. The van der Waals surface area contributed by atoms with E-state index < -0.39 is 0 Å². The number of benzene rings is 1. The number of nitrogens with zero attached hydrogens (tertiary/aromatic N) is 4. The molecule has 0 saturated carbocycles. The maximum absolute atomic E-state index is 12.7. The number of morpholine rings is 1. The molecule has 34 heavy (non-hydrogen) atoms. The zero-order chi connectivity index (χ0) is 23.7. The molecule has 0 radical (unpaired) electrons. The molecule has 3 atom stereocenters. The SMILES string of the molecule is C[C@@H]1CN(c2cnc3c(c2)C(c2cnc(C(=O)N[C@@H](C)c4ccccc4)nc2)=CC3)C[C@H](C)O1. The van der Waals surface area contributed by atoms with Crippen LogP contribution in [0.4, 0.5) is 5.69 Å². The molecule has 3 heterocycles. The van der Waals surface area contributed by atoms with Gasteiger partial charge in [-0.3, -0.25) is 9.78 Å². The Morgan fingerprint density at radius 2 is 1.76 bits per heavy atom. The van der Waals surface area contributed by atoms with Gasteiger partial charge in [0.1, 0.15) is 0 Å². The smallest absolute Gasteiger partial charge is 0.289 e. The highest BCUT2D eigenvalue weighted by Gasteiger charge is 2.25. The fourth-order valence-electron chi connectivity index (χ4n) is 4.69. The number of nitrogens with one attached hydrogen (secondary N) is 1. The standard InChI is InChI=1S/C27H29N5O2/c1-17-15-32(16-18(2)34-17)22-11-24-23(9-10-25(24)28-14-22)21-12-29-26(30-13-21)27(33)31-19(3)20-7-5-4-6-8-20/h4-9,11-14,17-19H,10,15-16H2,1-3H3,(H,31,33)/t17-,18+,19-/m0/s1. The van der Waals surface area contributed by atoms with E-state index in [-0.39, 0.29) is 30.0 Å². The number of amides is 1. The molecule has 5 rings (SSSR count). The van der Waals surface area contributed by atoms with Crippen molar-refractivity contribution in [3.8, 4) is 0 Å². The predicted molar refractivity (Wildman–Crippen MR) is 132 cm³/mol. The average molecular weight is 456 g/mol. The summed E-state index contributed by atoms with van der Waals surface area (Å²) in [6.07, 6.45) is 8.70. The third-order valence-corrected chi connectivity index (χ3v) is 6.34. The maximum Gasteiger partial charge on any atom is 0.289 e. The van der Waals surface area contributed by atoms with Gasteiger partial charge in [0.05, 0.1) is 35.8 Å². The molecule has 0 unspecified atom stereocenters. The highest BCUT2D eigenvalue weighted by molar-refractivity contribution is 5.91. The Balaban J connectivity index is 1.32. The first-order valence-electron chi connectivity index (χ1n) is 11.8. The van der Waals surface area contributed by atoms with Crippen LogP contribution < -0.4 is 10.2 Å². The number of rotatable bonds is 5. The minimum absolute atomic E-state index is 0.128. The molecular weight excluding hydrogens is 426 g/mol. The highest BCUT2D eigenvalue weighted by Crippen LogP contribution is 2.34. The molecule has 7 heteroatoms. The Hall–Kier alpha value is -3.58. The molecule has 2 aromatic heterocycles. The van der Waals surface area contributed by atoms with E-state index in [9.17, 15) is 4.79 Å². The summed E-state index contributed by atoms with van der Waals surface area (Å²) in [5.41, 5.74) is 6.22. The molecule has 0 spiro atoms. The van der Waals surface area contributed by atoms with E-state index in [1.165, 1.54) is 0 Å². The van der Waals surface area contributed by atoms with E-state index in [2.05, 4.69) is 46.2 Å². The second-order valence-corrected chi connectivity index (χ2v) is 9.07. The summed E-state index contributed by atoms with van der Waals surface area (Å²) in [4.78, 5) is 28.4. The van der Waals surface area contributed by atoms with Crippen LogP contribution in [0.5, 0.6) is 0 Å². The number of aromatic nitrogens is 3. The molecule has 1 amide bonds. The zero-order valence-electron chi connectivity index (χ0n) is 19.7. The number of fused-ring (bicyclic) bond motifs is 1. The van der Waals surface area contributed by atoms with Crippen LogP contribution >= 0.6 is 0 Å². The fourth-order valence-corrected chi connectivity index (χ4v) is 4.69. The topological polar surface area (TPSA) is 80.2 Å². The molecule has 1 saturated heterocycles. The number of allylic oxidation sites excluding steroid dienone is 1. The van der Waals surface area contributed by atoms with Crippen LogP contribution in [0.1, 0.15) is 59.8 Å². The number of anilines is 1. The van der Waals surface area contributed by atoms with Crippen LogP contribution in [0.25, 0.3) is 5.57 Å². The molecule has 7 nitrogen and oxygen atoms in total. The van der Waals surface area contributed by atoms with Crippen LogP contribution in [0.3, 0.4) is 0 Å². The molecule has 1 aromatic carbocycles. The van der Waals surface area contributed by atoms with Crippen molar-refractivity contribution < 1.29 is 9.53 Å². The van der Waals surface area contributed by atoms with Gasteiger partial charge < -0.3 is 15.0 Å². The van der Waals surface area contributed by atoms with E-state index in [4.69, 9.17) is 9.72 Å². The quantitative estimate of drug-likeness (QED) is 0.627. The number of ether oxygens (including phenoxy) is 1. The number of carbonyl (C=O) groups excluding carboxylic acids is 1. The second-order valence-electron chi connectivity index (χ2n) is 9.07. The first-order chi connectivity index (χ1) is 16.5. The van der Waals surface area contributed by atoms with E-state index in [1.54, 1.807) is 12.4 Å². The molecule has 174 valence electrons. The summed E-state index contributed by atoms with van der Waals surface area (Å²) < 4.78 is 5.88. The lowest BCUT2D eigenvalue weighted by atomic mass is 10.0. The third-order valence-electron chi connectivity index (χ3n) is 6.34. The van der Waals surface area contributed by atoms with Gasteiger partial charge in [0.2, 0.25) is 5.82 Å². The lowest BCUT2D eigenvalue weighted by Gasteiger charge is -2.36. The summed E-state index contributed by atoms with van der Waals surface area (Å²) in [7, 11) is 0. The summed E-state index contributed by atoms with van der Waals surface area (Å²) in [5.74, 6) is -0.128. The Morgan fingerprint density at radius 1 is 1.06 bits per heavy atom. The Morgan fingerprint density at radius 3 is 2.47 bits per heavy atom. The van der Waals surface area contributed by atoms with E-state index in [0.717, 1.165) is 53.2 Å². The van der Waals surface area contributed by atoms with Crippen molar-refractivity contribution in [2.75, 3.05) is 18.0 Å². The van der Waals surface area contributed by atoms with E-state index >= 15 is 0 Å². The molecule has 1 aliphatic heterocycles. The summed E-state index contributed by atoms with van der Waals surface area (Å²) in [6, 6.07) is 11.9. The van der Waals surface area contributed by atoms with E-state index in [0.29, 0.717) is 0 Å². The molecular formula is C27H29N5O2. The lowest BCUT2D eigenvalue weighted by Crippen LogP contribution is -2.45. The minimum Gasteiger partial charge on any atom is -0.372 e. The van der Waals surface area contributed by atoms with Gasteiger partial charge in [0.15, 0.2) is 0 Å². The number of hydrogen-bond donors (Lipinski definition) is 1. The first kappa shape index (κ1) is 22.2. The lowest BCUT2D eigenvalue weighted by molar-refractivity contribution is -0.00523. The molecule has 1 fully saturated rings. The van der Waals surface area contributed by atoms with Gasteiger partial charge in [-0.05, 0) is 38.0 Å². The third kappa shape index (κ3) is 4.56. The van der Waals surface area contributed by atoms with Gasteiger partial charge >= 0.3 is 0 Å². The normalized spacial score (nSPS) is 20.4. The van der Waals surface area contributed by atoms with Crippen LogP contribution in [0.15, 0.2) is 61.1 Å². The van der Waals surface area contributed by atoms with Crippen molar-refractivity contribution in [1.82, 2.24) is 20.3 Å². The van der Waals surface area contributed by atoms with E-state index in [1.807, 2.05) is 43.5 Å². The number of hydrogen-bond acceptors (Lipinski definition) is 6. The van der Waals surface area contributed by atoms with Crippen molar-refractivity contribution in [3.63, 3.8) is 0 Å². The van der Waals surface area contributed by atoms with Crippen LogP contribution in [0, 0.1) is 0 Å². The van der Waals surface area contributed by atoms with Crippen molar-refractivity contribution in [3.05, 3.63) is 89.3 Å². The summed E-state index contributed by atoms with van der Waals surface area (Å²) in [6.45, 7) is 7.84. The van der Waals surface area contributed by atoms with Gasteiger partial charge in [-0.1, -0.05) is 36.4 Å². The van der Waals surface area contributed by atoms with Crippen molar-refractivity contribution in [2.45, 2.75) is 45.4 Å². The van der Waals surface area contributed by atoms with Gasteiger partial charge in [0.25, 0.3) is 5.91 Å². The maximum atomic E-state index is 12.7. The van der Waals surface area contributed by atoms with Gasteiger partial charge in [0, 0.05) is 43.0 Å². The van der Waals surface area contributed by atoms with Crippen molar-refractivity contribution >= 4 is 17.2 Å². The monoisotopic (exact) mass is 455 g/mol. The Labute approximate surface area is 199 Å². The zero-order valence-corrected chi connectivity index (χ0v) is 19.7. The van der Waals surface area contributed by atoms with Crippen LogP contribution in [0.2, 0.25) is 0 Å². The number of pyridine rings is 1. The largest absolute Gasteiger partial charge is 0.372 e. The molecule has 1 aliphatic carbocycles. The Kier molecular flexibility index (Phi) is 6.11. The molecule has 2 aliphatic rings. The highest BCUT2D eigenvalue weighted by atomic mass is 16.5. The van der Waals surface area contributed by atoms with Gasteiger partial charge in [-0.15, -0.1) is 0 Å². The summed E-state index contributed by atoms with van der Waals surface area (Å²) in [5, 5.41) is 2.96. The average Bonchev–Trinajstić information content (AvgIpc) is 3.27. The van der Waals surface area contributed by atoms with Crippen LogP contribution in [-0.4, -0.2) is 46.2 Å². The fraction of sp³-hybridized carbons (Fsp3) is 0.333. The Bertz CT molecular complexity index is 1200.